The van der Waals surface area contributed by atoms with Gasteiger partial charge in [-0.25, -0.2) is 4.79 Å². The third-order valence-electron chi connectivity index (χ3n) is 2.64. The van der Waals surface area contributed by atoms with Gasteiger partial charge < -0.3 is 10.1 Å². The predicted molar refractivity (Wildman–Crippen MR) is 72.1 cm³/mol. The lowest BCUT2D eigenvalue weighted by atomic mass is 10.0. The van der Waals surface area contributed by atoms with E-state index < -0.39 is 10.9 Å². The topological polar surface area (TPSA) is 81.5 Å². The number of carbonyl (C=O) groups excluding carboxylic acids is 1. The van der Waals surface area contributed by atoms with Gasteiger partial charge >= 0.3 is 5.97 Å². The van der Waals surface area contributed by atoms with Crippen LogP contribution in [-0.4, -0.2) is 31.6 Å². The van der Waals surface area contributed by atoms with E-state index in [4.69, 9.17) is 0 Å². The highest BCUT2D eigenvalue weighted by Crippen LogP contribution is 2.25. The largest absolute Gasteiger partial charge is 0.465 e. The van der Waals surface area contributed by atoms with Crippen molar-refractivity contribution in [2.75, 3.05) is 20.7 Å². The molecule has 1 rings (SSSR count). The monoisotopic (exact) mass is 264 g/mol. The zero-order valence-electron chi connectivity index (χ0n) is 11.1. The number of hydrogen-bond donors (Lipinski definition) is 1. The maximum atomic E-state index is 11.6. The molecule has 0 spiro atoms. The lowest BCUT2D eigenvalue weighted by Gasteiger charge is -2.06. The van der Waals surface area contributed by atoms with Crippen molar-refractivity contribution in [2.45, 2.75) is 6.92 Å². The lowest BCUT2D eigenvalue weighted by molar-refractivity contribution is -0.385. The Labute approximate surface area is 111 Å². The maximum absolute atomic E-state index is 11.6. The first-order chi connectivity index (χ1) is 9.01. The SMILES string of the molecule is CNCC=Cc1cc(C(=O)OC)c(C)c([N+](=O)[O-])c1. The summed E-state index contributed by atoms with van der Waals surface area (Å²) in [5.74, 6) is -0.579. The number of likely N-dealkylation sites (N-methyl/N-ethyl adjacent to an activating group) is 1. The molecule has 0 aliphatic carbocycles. The van der Waals surface area contributed by atoms with E-state index in [-0.39, 0.29) is 11.3 Å². The zero-order chi connectivity index (χ0) is 14.4. The first kappa shape index (κ1) is 14.8. The van der Waals surface area contributed by atoms with Gasteiger partial charge in [0.2, 0.25) is 0 Å². The number of ether oxygens (including phenoxy) is 1. The minimum absolute atomic E-state index is 0.0907. The molecule has 1 N–H and O–H groups in total. The Hall–Kier alpha value is -2.21. The van der Waals surface area contributed by atoms with Gasteiger partial charge in [-0.3, -0.25) is 10.1 Å². The van der Waals surface area contributed by atoms with Crippen LogP contribution in [0.25, 0.3) is 6.08 Å². The van der Waals surface area contributed by atoms with Crippen LogP contribution in [0.15, 0.2) is 18.2 Å². The quantitative estimate of drug-likeness (QED) is 0.499. The third-order valence-corrected chi connectivity index (χ3v) is 2.64. The standard InChI is InChI=1S/C13H16N2O4/c1-9-11(13(16)19-3)7-10(5-4-6-14-2)8-12(9)15(17)18/h4-5,7-8,14H,6H2,1-3H3. The average molecular weight is 264 g/mol. The van der Waals surface area contributed by atoms with Gasteiger partial charge in [-0.2, -0.15) is 0 Å². The van der Waals surface area contributed by atoms with E-state index in [2.05, 4.69) is 10.1 Å². The number of carbonyl (C=O) groups is 1. The molecule has 0 aliphatic rings. The maximum Gasteiger partial charge on any atom is 0.338 e. The normalized spacial score (nSPS) is 10.7. The molecule has 0 saturated heterocycles. The first-order valence-corrected chi connectivity index (χ1v) is 5.69. The number of nitro groups is 1. The molecule has 0 aliphatic heterocycles. The molecule has 6 nitrogen and oxygen atoms in total. The van der Waals surface area contributed by atoms with Crippen LogP contribution in [0.5, 0.6) is 0 Å². The summed E-state index contributed by atoms with van der Waals surface area (Å²) >= 11 is 0. The minimum atomic E-state index is -0.579. The molecule has 0 heterocycles. The van der Waals surface area contributed by atoms with E-state index in [9.17, 15) is 14.9 Å². The van der Waals surface area contributed by atoms with E-state index in [1.165, 1.54) is 20.1 Å². The van der Waals surface area contributed by atoms with Crippen molar-refractivity contribution in [3.8, 4) is 0 Å². The van der Waals surface area contributed by atoms with Crippen LogP contribution in [0, 0.1) is 17.0 Å². The van der Waals surface area contributed by atoms with Gasteiger partial charge in [-0.05, 0) is 25.6 Å². The Morgan fingerprint density at radius 2 is 2.21 bits per heavy atom. The third kappa shape index (κ3) is 3.62. The molecule has 1 aromatic carbocycles. The molecular weight excluding hydrogens is 248 g/mol. The molecule has 0 atom stereocenters. The van der Waals surface area contributed by atoms with E-state index in [1.807, 2.05) is 6.08 Å². The van der Waals surface area contributed by atoms with Gasteiger partial charge in [0, 0.05) is 18.2 Å². The summed E-state index contributed by atoms with van der Waals surface area (Å²) in [5.41, 5.74) is 1.02. The molecule has 6 heteroatoms. The van der Waals surface area contributed by atoms with Gasteiger partial charge in [0.25, 0.3) is 5.69 Å². The van der Waals surface area contributed by atoms with Gasteiger partial charge in [0.15, 0.2) is 0 Å². The Morgan fingerprint density at radius 3 is 2.74 bits per heavy atom. The van der Waals surface area contributed by atoms with Crippen LogP contribution >= 0.6 is 0 Å². The molecule has 1 aromatic rings. The molecule has 0 fully saturated rings. The number of benzene rings is 1. The average Bonchev–Trinajstić information content (AvgIpc) is 2.39. The highest BCUT2D eigenvalue weighted by molar-refractivity contribution is 5.93. The fourth-order valence-electron chi connectivity index (χ4n) is 1.64. The zero-order valence-corrected chi connectivity index (χ0v) is 11.1. The number of nitrogens with zero attached hydrogens (tertiary/aromatic N) is 1. The Balaban J connectivity index is 3.31. The van der Waals surface area contributed by atoms with E-state index in [1.54, 1.807) is 19.2 Å². The molecule has 19 heavy (non-hydrogen) atoms. The second-order valence-corrected chi connectivity index (χ2v) is 3.92. The Bertz CT molecular complexity index is 524. The second-order valence-electron chi connectivity index (χ2n) is 3.92. The van der Waals surface area contributed by atoms with Crippen molar-refractivity contribution in [3.63, 3.8) is 0 Å². The first-order valence-electron chi connectivity index (χ1n) is 5.69. The number of esters is 1. The van der Waals surface area contributed by atoms with E-state index in [0.29, 0.717) is 17.7 Å². The van der Waals surface area contributed by atoms with Crippen LogP contribution in [0.1, 0.15) is 21.5 Å². The molecule has 102 valence electrons. The molecule has 0 amide bonds. The van der Waals surface area contributed by atoms with Gasteiger partial charge in [0.1, 0.15) is 0 Å². The number of nitrogens with one attached hydrogen (secondary N) is 1. The van der Waals surface area contributed by atoms with Gasteiger partial charge in [-0.15, -0.1) is 0 Å². The molecular formula is C13H16N2O4. The number of methoxy groups -OCH3 is 1. The number of nitro benzene ring substituents is 1. The van der Waals surface area contributed by atoms with Gasteiger partial charge in [0.05, 0.1) is 17.6 Å². The lowest BCUT2D eigenvalue weighted by Crippen LogP contribution is -2.07. The molecule has 0 radical (unpaired) electrons. The highest BCUT2D eigenvalue weighted by atomic mass is 16.6. The second kappa shape index (κ2) is 6.65. The minimum Gasteiger partial charge on any atom is -0.465 e. The van der Waals surface area contributed by atoms with Gasteiger partial charge in [-0.1, -0.05) is 12.2 Å². The smallest absolute Gasteiger partial charge is 0.338 e. The molecule has 0 saturated carbocycles. The Kier molecular flexibility index (Phi) is 5.20. The van der Waals surface area contributed by atoms with E-state index >= 15 is 0 Å². The summed E-state index contributed by atoms with van der Waals surface area (Å²) in [4.78, 5) is 22.1. The van der Waals surface area contributed by atoms with Crippen LogP contribution in [0.2, 0.25) is 0 Å². The van der Waals surface area contributed by atoms with Crippen molar-refractivity contribution in [1.29, 1.82) is 0 Å². The van der Waals surface area contributed by atoms with Crippen LogP contribution in [0.3, 0.4) is 0 Å². The summed E-state index contributed by atoms with van der Waals surface area (Å²) < 4.78 is 4.63. The fraction of sp³-hybridized carbons (Fsp3) is 0.308. The van der Waals surface area contributed by atoms with Crippen molar-refractivity contribution >= 4 is 17.7 Å². The van der Waals surface area contributed by atoms with Crippen LogP contribution in [0.4, 0.5) is 5.69 Å². The van der Waals surface area contributed by atoms with E-state index in [0.717, 1.165) is 0 Å². The van der Waals surface area contributed by atoms with Crippen molar-refractivity contribution in [2.24, 2.45) is 0 Å². The molecule has 0 unspecified atom stereocenters. The summed E-state index contributed by atoms with van der Waals surface area (Å²) in [6.45, 7) is 2.17. The fourth-order valence-corrected chi connectivity index (χ4v) is 1.64. The van der Waals surface area contributed by atoms with Crippen molar-refractivity contribution in [1.82, 2.24) is 5.32 Å². The summed E-state index contributed by atoms with van der Waals surface area (Å²) in [7, 11) is 3.04. The summed E-state index contributed by atoms with van der Waals surface area (Å²) in [5, 5.41) is 13.9. The Morgan fingerprint density at radius 1 is 1.53 bits per heavy atom. The molecule has 0 bridgehead atoms. The summed E-state index contributed by atoms with van der Waals surface area (Å²) in [6, 6.07) is 3.02. The van der Waals surface area contributed by atoms with Crippen molar-refractivity contribution < 1.29 is 14.5 Å². The van der Waals surface area contributed by atoms with Crippen molar-refractivity contribution in [3.05, 3.63) is 45.0 Å². The number of rotatable bonds is 5. The number of hydrogen-bond acceptors (Lipinski definition) is 5. The van der Waals surface area contributed by atoms with Crippen LogP contribution < -0.4 is 5.32 Å². The van der Waals surface area contributed by atoms with Crippen LogP contribution in [-0.2, 0) is 4.74 Å². The molecule has 0 aromatic heterocycles. The summed E-state index contributed by atoms with van der Waals surface area (Å²) in [6.07, 6.45) is 3.53. The predicted octanol–water partition coefficient (Wildman–Crippen LogP) is 1.92. The highest BCUT2D eigenvalue weighted by Gasteiger charge is 2.20.